The molecule has 0 aliphatic carbocycles. The van der Waals surface area contributed by atoms with Crippen LogP contribution in [0.1, 0.15) is 24.2 Å². The van der Waals surface area contributed by atoms with Gasteiger partial charge >= 0.3 is 0 Å². The van der Waals surface area contributed by atoms with Crippen LogP contribution in [0.3, 0.4) is 0 Å². The third-order valence-electron chi connectivity index (χ3n) is 4.37. The minimum absolute atomic E-state index is 0.0439. The molecule has 9 heteroatoms. The smallest absolute Gasteiger partial charge is 0.258 e. The summed E-state index contributed by atoms with van der Waals surface area (Å²) in [5.74, 6) is 0.145. The first kappa shape index (κ1) is 20.5. The van der Waals surface area contributed by atoms with E-state index in [1.54, 1.807) is 24.0 Å². The van der Waals surface area contributed by atoms with Gasteiger partial charge in [-0.2, -0.15) is 0 Å². The first-order valence-corrected chi connectivity index (χ1v) is 10.4. The van der Waals surface area contributed by atoms with E-state index in [0.717, 1.165) is 6.26 Å². The van der Waals surface area contributed by atoms with E-state index in [9.17, 15) is 18.3 Å². The fourth-order valence-electron chi connectivity index (χ4n) is 2.94. The Morgan fingerprint density at radius 3 is 2.69 bits per heavy atom. The molecule has 3 N–H and O–H groups in total. The number of aliphatic hydroxyl groups excluding tert-OH is 1. The van der Waals surface area contributed by atoms with E-state index in [0.29, 0.717) is 24.5 Å². The summed E-state index contributed by atoms with van der Waals surface area (Å²) in [6, 6.07) is 4.28. The van der Waals surface area contributed by atoms with Crippen molar-refractivity contribution in [2.75, 3.05) is 37.7 Å². The first-order valence-electron chi connectivity index (χ1n) is 8.51. The molecule has 3 atom stereocenters. The molecule has 1 amide bonds. The molecule has 0 saturated heterocycles. The van der Waals surface area contributed by atoms with E-state index >= 15 is 0 Å². The molecule has 0 saturated carbocycles. The molecule has 0 bridgehead atoms. The number of benzene rings is 1. The highest BCUT2D eigenvalue weighted by Crippen LogP contribution is 2.30. The quantitative estimate of drug-likeness (QED) is 0.658. The maximum atomic E-state index is 13.1. The van der Waals surface area contributed by atoms with Gasteiger partial charge in [0, 0.05) is 24.7 Å². The third kappa shape index (κ3) is 4.87. The number of sulfonamides is 1. The van der Waals surface area contributed by atoms with Crippen molar-refractivity contribution in [2.24, 2.45) is 5.92 Å². The number of anilines is 1. The maximum Gasteiger partial charge on any atom is 0.258 e. The first-order chi connectivity index (χ1) is 12.2. The summed E-state index contributed by atoms with van der Waals surface area (Å²) in [5, 5.41) is 12.6. The van der Waals surface area contributed by atoms with Crippen molar-refractivity contribution in [3.05, 3.63) is 23.8 Å². The number of rotatable bonds is 6. The topological polar surface area (TPSA) is 108 Å². The molecule has 1 aliphatic rings. The third-order valence-corrected chi connectivity index (χ3v) is 4.98. The molecule has 146 valence electrons. The van der Waals surface area contributed by atoms with Crippen molar-refractivity contribution < 1.29 is 23.1 Å². The van der Waals surface area contributed by atoms with E-state index in [4.69, 9.17) is 4.74 Å². The fraction of sp³-hybridized carbons (Fsp3) is 0.588. The van der Waals surface area contributed by atoms with Crippen LogP contribution in [0.4, 0.5) is 5.69 Å². The zero-order valence-electron chi connectivity index (χ0n) is 15.5. The number of carbonyl (C=O) groups is 1. The Bertz CT molecular complexity index is 753. The summed E-state index contributed by atoms with van der Waals surface area (Å²) in [4.78, 5) is 14.7. The van der Waals surface area contributed by atoms with Gasteiger partial charge in [0.2, 0.25) is 10.0 Å². The van der Waals surface area contributed by atoms with Crippen LogP contribution in [0.5, 0.6) is 5.75 Å². The summed E-state index contributed by atoms with van der Waals surface area (Å²) in [6.07, 6.45) is 0.876. The normalized spacial score (nSPS) is 22.0. The van der Waals surface area contributed by atoms with Gasteiger partial charge in [0.15, 0.2) is 0 Å². The van der Waals surface area contributed by atoms with Crippen LogP contribution in [0, 0.1) is 5.92 Å². The molecule has 1 aromatic carbocycles. The van der Waals surface area contributed by atoms with Crippen LogP contribution < -0.4 is 14.8 Å². The number of ether oxygens (including phenoxy) is 1. The molecule has 0 fully saturated rings. The molecular weight excluding hydrogens is 358 g/mol. The number of nitrogens with zero attached hydrogens (tertiary/aromatic N) is 1. The molecule has 2 rings (SSSR count). The molecule has 26 heavy (non-hydrogen) atoms. The number of carbonyl (C=O) groups excluding carboxylic acids is 1. The SMILES string of the molecule is CNC[C@H]1Oc2ccc(NS(C)(=O)=O)cc2C(=O)N([C@@H](C)CO)C[C@@H]1C. The lowest BCUT2D eigenvalue weighted by Gasteiger charge is -2.37. The van der Waals surface area contributed by atoms with Crippen LogP contribution in [0.25, 0.3) is 0 Å². The van der Waals surface area contributed by atoms with E-state index < -0.39 is 10.0 Å². The number of nitrogens with one attached hydrogen (secondary N) is 2. The highest BCUT2D eigenvalue weighted by Gasteiger charge is 2.32. The number of aliphatic hydroxyl groups is 1. The van der Waals surface area contributed by atoms with Gasteiger partial charge in [-0.05, 0) is 32.2 Å². The lowest BCUT2D eigenvalue weighted by Crippen LogP contribution is -2.49. The maximum absolute atomic E-state index is 13.1. The Labute approximate surface area is 154 Å². The molecule has 1 heterocycles. The summed E-state index contributed by atoms with van der Waals surface area (Å²) < 4.78 is 31.4. The van der Waals surface area contributed by atoms with Gasteiger partial charge in [-0.25, -0.2) is 8.42 Å². The molecule has 0 unspecified atom stereocenters. The van der Waals surface area contributed by atoms with Crippen LogP contribution in [-0.2, 0) is 10.0 Å². The molecule has 1 aromatic rings. The lowest BCUT2D eigenvalue weighted by molar-refractivity contribution is 0.0416. The standard InChI is InChI=1S/C17H27N3O5S/c1-11-9-20(12(2)10-21)17(22)14-7-13(19-26(4,23)24)5-6-15(14)25-16(11)8-18-3/h5-7,11-12,16,18-19,21H,8-10H2,1-4H3/t11-,12-,16+/m0/s1. The largest absolute Gasteiger partial charge is 0.488 e. The average Bonchev–Trinajstić information content (AvgIpc) is 2.56. The summed E-state index contributed by atoms with van der Waals surface area (Å²) in [6.45, 7) is 4.64. The summed E-state index contributed by atoms with van der Waals surface area (Å²) in [5.41, 5.74) is 0.561. The molecule has 0 aromatic heterocycles. The lowest BCUT2D eigenvalue weighted by atomic mass is 9.99. The monoisotopic (exact) mass is 385 g/mol. The van der Waals surface area contributed by atoms with Crippen molar-refractivity contribution >= 4 is 21.6 Å². The second kappa shape index (κ2) is 8.24. The highest BCUT2D eigenvalue weighted by molar-refractivity contribution is 7.92. The second-order valence-corrected chi connectivity index (χ2v) is 8.51. The Hall–Kier alpha value is -1.84. The molecule has 8 nitrogen and oxygen atoms in total. The van der Waals surface area contributed by atoms with Crippen molar-refractivity contribution in [3.8, 4) is 5.75 Å². The Morgan fingerprint density at radius 2 is 2.12 bits per heavy atom. The van der Waals surface area contributed by atoms with Crippen molar-refractivity contribution in [1.29, 1.82) is 0 Å². The van der Waals surface area contributed by atoms with E-state index in [2.05, 4.69) is 10.0 Å². The number of hydrogen-bond donors (Lipinski definition) is 3. The second-order valence-electron chi connectivity index (χ2n) is 6.77. The minimum atomic E-state index is -3.47. The Balaban J connectivity index is 2.50. The van der Waals surface area contributed by atoms with Gasteiger partial charge in [-0.3, -0.25) is 9.52 Å². The van der Waals surface area contributed by atoms with E-state index in [1.165, 1.54) is 6.07 Å². The minimum Gasteiger partial charge on any atom is -0.488 e. The fourth-order valence-corrected chi connectivity index (χ4v) is 3.50. The van der Waals surface area contributed by atoms with Crippen molar-refractivity contribution in [1.82, 2.24) is 10.2 Å². The van der Waals surface area contributed by atoms with Gasteiger partial charge < -0.3 is 20.1 Å². The van der Waals surface area contributed by atoms with Gasteiger partial charge in [0.25, 0.3) is 5.91 Å². The van der Waals surface area contributed by atoms with E-state index in [-0.39, 0.29) is 36.1 Å². The Morgan fingerprint density at radius 1 is 1.42 bits per heavy atom. The van der Waals surface area contributed by atoms with Crippen molar-refractivity contribution in [2.45, 2.75) is 26.0 Å². The van der Waals surface area contributed by atoms with Crippen LogP contribution in [0.15, 0.2) is 18.2 Å². The van der Waals surface area contributed by atoms with Crippen LogP contribution in [-0.4, -0.2) is 69.5 Å². The van der Waals surface area contributed by atoms with Gasteiger partial charge in [-0.1, -0.05) is 6.92 Å². The van der Waals surface area contributed by atoms with Gasteiger partial charge in [0.05, 0.1) is 24.5 Å². The highest BCUT2D eigenvalue weighted by atomic mass is 32.2. The molecule has 0 radical (unpaired) electrons. The average molecular weight is 385 g/mol. The van der Waals surface area contributed by atoms with Crippen LogP contribution in [0.2, 0.25) is 0 Å². The van der Waals surface area contributed by atoms with Gasteiger partial charge in [-0.15, -0.1) is 0 Å². The van der Waals surface area contributed by atoms with E-state index in [1.807, 2.05) is 14.0 Å². The van der Waals surface area contributed by atoms with Crippen molar-refractivity contribution in [3.63, 3.8) is 0 Å². The number of hydrogen-bond acceptors (Lipinski definition) is 6. The summed E-state index contributed by atoms with van der Waals surface area (Å²) in [7, 11) is -1.64. The molecule has 0 spiro atoms. The number of fused-ring (bicyclic) bond motifs is 1. The molecule has 1 aliphatic heterocycles. The molecular formula is C17H27N3O5S. The van der Waals surface area contributed by atoms with Gasteiger partial charge in [0.1, 0.15) is 11.9 Å². The zero-order chi connectivity index (χ0) is 19.5. The number of amides is 1. The predicted molar refractivity (Wildman–Crippen MR) is 100.0 cm³/mol. The summed E-state index contributed by atoms with van der Waals surface area (Å²) >= 11 is 0. The number of likely N-dealkylation sites (N-methyl/N-ethyl adjacent to an activating group) is 1. The van der Waals surface area contributed by atoms with Crippen LogP contribution >= 0.6 is 0 Å². The Kier molecular flexibility index (Phi) is 6.48. The predicted octanol–water partition coefficient (Wildman–Crippen LogP) is 0.498. The zero-order valence-corrected chi connectivity index (χ0v) is 16.3.